The van der Waals surface area contributed by atoms with E-state index >= 15 is 0 Å². The van der Waals surface area contributed by atoms with E-state index in [2.05, 4.69) is 17.2 Å². The topological polar surface area (TPSA) is 98.1 Å². The summed E-state index contributed by atoms with van der Waals surface area (Å²) in [4.78, 5) is 31.8. The summed E-state index contributed by atoms with van der Waals surface area (Å²) >= 11 is 1.58. The fourth-order valence-corrected chi connectivity index (χ4v) is 7.55. The lowest BCUT2D eigenvalue weighted by atomic mass is 9.89. The van der Waals surface area contributed by atoms with Gasteiger partial charge in [-0.15, -0.1) is 11.3 Å². The Balaban J connectivity index is 1.59. The number of amides is 1. The maximum absolute atomic E-state index is 13.0. The zero-order chi connectivity index (χ0) is 19.4. The van der Waals surface area contributed by atoms with Crippen LogP contribution in [0, 0.1) is 5.92 Å². The monoisotopic (exact) mass is 409 g/mol. The molecule has 3 heterocycles. The van der Waals surface area contributed by atoms with Crippen LogP contribution in [0.2, 0.25) is 0 Å². The van der Waals surface area contributed by atoms with Gasteiger partial charge < -0.3 is 5.32 Å². The van der Waals surface area contributed by atoms with Crippen molar-refractivity contribution in [3.63, 3.8) is 0 Å². The average molecular weight is 410 g/mol. The van der Waals surface area contributed by atoms with Crippen molar-refractivity contribution in [1.29, 1.82) is 0 Å². The first-order valence-corrected chi connectivity index (χ1v) is 11.8. The highest BCUT2D eigenvalue weighted by Gasteiger charge is 2.39. The van der Waals surface area contributed by atoms with E-state index in [1.165, 1.54) is 15.8 Å². The summed E-state index contributed by atoms with van der Waals surface area (Å²) in [5, 5.41) is 3.44. The molecule has 1 amide bonds. The molecule has 7 nitrogen and oxygen atoms in total. The smallest absolute Gasteiger partial charge is 0.262 e. The number of hydrogen-bond acceptors (Lipinski definition) is 6. The molecule has 1 saturated heterocycles. The first-order chi connectivity index (χ1) is 12.7. The molecule has 146 valence electrons. The predicted molar refractivity (Wildman–Crippen MR) is 105 cm³/mol. The maximum Gasteiger partial charge on any atom is 0.262 e. The van der Waals surface area contributed by atoms with Crippen molar-refractivity contribution in [2.75, 3.05) is 11.5 Å². The minimum absolute atomic E-state index is 0.0614. The molecule has 2 aliphatic rings. The summed E-state index contributed by atoms with van der Waals surface area (Å²) in [6.45, 7) is 3.79. The third-order valence-electron chi connectivity index (χ3n) is 5.54. The largest absolute Gasteiger partial charge is 0.348 e. The Bertz CT molecular complexity index is 1090. The normalized spacial score (nSPS) is 26.8. The summed E-state index contributed by atoms with van der Waals surface area (Å²) in [5.41, 5.74) is 0.134. The van der Waals surface area contributed by atoms with Gasteiger partial charge in [0.25, 0.3) is 5.56 Å². The van der Waals surface area contributed by atoms with Crippen molar-refractivity contribution in [2.24, 2.45) is 5.92 Å². The van der Waals surface area contributed by atoms with E-state index in [1.54, 1.807) is 18.3 Å². The van der Waals surface area contributed by atoms with Crippen molar-refractivity contribution < 1.29 is 13.2 Å². The molecule has 2 aromatic heterocycles. The van der Waals surface area contributed by atoms with Crippen molar-refractivity contribution in [1.82, 2.24) is 14.9 Å². The molecule has 1 N–H and O–H groups in total. The number of carbonyl (C=O) groups excluding carboxylic acids is 1. The van der Waals surface area contributed by atoms with Crippen molar-refractivity contribution in [3.05, 3.63) is 27.1 Å². The number of nitrogens with zero attached hydrogens (tertiary/aromatic N) is 2. The highest BCUT2D eigenvalue weighted by Crippen LogP contribution is 2.35. The van der Waals surface area contributed by atoms with Gasteiger partial charge in [-0.1, -0.05) is 6.92 Å². The molecule has 0 saturated carbocycles. The Labute approximate surface area is 161 Å². The molecule has 0 aromatic carbocycles. The highest BCUT2D eigenvalue weighted by atomic mass is 32.2. The molecule has 0 unspecified atom stereocenters. The van der Waals surface area contributed by atoms with Crippen molar-refractivity contribution in [2.45, 2.75) is 51.6 Å². The van der Waals surface area contributed by atoms with Crippen LogP contribution in [0.25, 0.3) is 10.2 Å². The number of carbonyl (C=O) groups is 1. The average Bonchev–Trinajstić information content (AvgIpc) is 3.06. The van der Waals surface area contributed by atoms with E-state index in [0.29, 0.717) is 17.7 Å². The van der Waals surface area contributed by atoms with Crippen LogP contribution >= 0.6 is 11.3 Å². The molecule has 1 fully saturated rings. The Morgan fingerprint density at radius 2 is 2.26 bits per heavy atom. The SMILES string of the molecule is C[C@H]1CCc2c(sc3ncn(CC(=O)N[C@@]4(C)CCS(=O)(=O)C4)c(=O)c23)C1. The first kappa shape index (κ1) is 18.6. The fourth-order valence-electron chi connectivity index (χ4n) is 4.12. The second-order valence-corrected chi connectivity index (χ2v) is 11.4. The van der Waals surface area contributed by atoms with Crippen LogP contribution in [0.4, 0.5) is 0 Å². The van der Waals surface area contributed by atoms with Gasteiger partial charge in [0.1, 0.15) is 11.4 Å². The Morgan fingerprint density at radius 1 is 1.48 bits per heavy atom. The van der Waals surface area contributed by atoms with E-state index in [9.17, 15) is 18.0 Å². The number of hydrogen-bond donors (Lipinski definition) is 1. The van der Waals surface area contributed by atoms with Crippen LogP contribution in [0.3, 0.4) is 0 Å². The van der Waals surface area contributed by atoms with E-state index in [4.69, 9.17) is 0 Å². The zero-order valence-corrected chi connectivity index (χ0v) is 17.1. The van der Waals surface area contributed by atoms with Gasteiger partial charge in [0.05, 0.1) is 28.8 Å². The minimum Gasteiger partial charge on any atom is -0.348 e. The van der Waals surface area contributed by atoms with E-state index in [0.717, 1.165) is 29.7 Å². The van der Waals surface area contributed by atoms with Gasteiger partial charge in [-0.05, 0) is 44.1 Å². The van der Waals surface area contributed by atoms with Crippen LogP contribution in [0.15, 0.2) is 11.1 Å². The number of aryl methyl sites for hydroxylation is 1. The van der Waals surface area contributed by atoms with Crippen molar-refractivity contribution >= 4 is 37.3 Å². The minimum atomic E-state index is -3.11. The van der Waals surface area contributed by atoms with Gasteiger partial charge in [0, 0.05) is 4.88 Å². The molecular weight excluding hydrogens is 386 g/mol. The van der Waals surface area contributed by atoms with Gasteiger partial charge in [-0.2, -0.15) is 0 Å². The van der Waals surface area contributed by atoms with Gasteiger partial charge in [0.2, 0.25) is 5.91 Å². The Hall–Kier alpha value is -1.74. The standard InChI is InChI=1S/C18H23N3O4S2/c1-11-3-4-12-13(7-11)26-16-15(12)17(23)21(10-19-16)8-14(22)20-18(2)5-6-27(24,25)9-18/h10-11H,3-9H2,1-2H3,(H,20,22)/t11-,18-/m0/s1. The molecule has 9 heteroatoms. The number of sulfone groups is 1. The molecule has 27 heavy (non-hydrogen) atoms. The quantitative estimate of drug-likeness (QED) is 0.823. The third kappa shape index (κ3) is 3.54. The van der Waals surface area contributed by atoms with Gasteiger partial charge >= 0.3 is 0 Å². The lowest BCUT2D eigenvalue weighted by Crippen LogP contribution is -2.48. The summed E-state index contributed by atoms with van der Waals surface area (Å²) < 4.78 is 24.7. The van der Waals surface area contributed by atoms with E-state index in [1.807, 2.05) is 0 Å². The van der Waals surface area contributed by atoms with Crippen LogP contribution in [-0.2, 0) is 34.0 Å². The molecule has 2 atom stereocenters. The number of thiophene rings is 1. The summed E-state index contributed by atoms with van der Waals surface area (Å²) in [5.74, 6) is 0.266. The lowest BCUT2D eigenvalue weighted by Gasteiger charge is -2.24. The molecule has 1 aliphatic heterocycles. The van der Waals surface area contributed by atoms with Gasteiger partial charge in [0.15, 0.2) is 9.84 Å². The zero-order valence-electron chi connectivity index (χ0n) is 15.4. The highest BCUT2D eigenvalue weighted by molar-refractivity contribution is 7.91. The van der Waals surface area contributed by atoms with Crippen LogP contribution in [0.1, 0.15) is 37.1 Å². The second-order valence-electron chi connectivity index (χ2n) is 8.16. The van der Waals surface area contributed by atoms with Crippen LogP contribution in [0.5, 0.6) is 0 Å². The van der Waals surface area contributed by atoms with Crippen LogP contribution in [-0.4, -0.2) is 40.9 Å². The number of aromatic nitrogens is 2. The third-order valence-corrected chi connectivity index (χ3v) is 8.61. The summed E-state index contributed by atoms with van der Waals surface area (Å²) in [7, 11) is -3.11. The maximum atomic E-state index is 13.0. The number of nitrogens with one attached hydrogen (secondary N) is 1. The molecule has 1 aliphatic carbocycles. The molecule has 0 bridgehead atoms. The van der Waals surface area contributed by atoms with Gasteiger partial charge in [-0.3, -0.25) is 14.2 Å². The summed E-state index contributed by atoms with van der Waals surface area (Å²) in [6.07, 6.45) is 4.72. The first-order valence-electron chi connectivity index (χ1n) is 9.17. The Morgan fingerprint density at radius 3 is 2.96 bits per heavy atom. The van der Waals surface area contributed by atoms with Crippen molar-refractivity contribution in [3.8, 4) is 0 Å². The summed E-state index contributed by atoms with van der Waals surface area (Å²) in [6, 6.07) is 0. The van der Waals surface area contributed by atoms with E-state index in [-0.39, 0.29) is 29.5 Å². The lowest BCUT2D eigenvalue weighted by molar-refractivity contribution is -0.123. The molecule has 2 aromatic rings. The number of rotatable bonds is 3. The molecule has 4 rings (SSSR count). The molecule has 0 spiro atoms. The van der Waals surface area contributed by atoms with Gasteiger partial charge in [-0.25, -0.2) is 13.4 Å². The van der Waals surface area contributed by atoms with E-state index < -0.39 is 15.4 Å². The number of fused-ring (bicyclic) bond motifs is 3. The predicted octanol–water partition coefficient (Wildman–Crippen LogP) is 1.28. The fraction of sp³-hybridized carbons (Fsp3) is 0.611. The molecular formula is C18H23N3O4S2. The Kier molecular flexibility index (Phi) is 4.42. The molecule has 0 radical (unpaired) electrons. The van der Waals surface area contributed by atoms with Crippen LogP contribution < -0.4 is 10.9 Å². The second kappa shape index (κ2) is 6.41.